The molecule has 2 amide bonds. The largest absolute Gasteiger partial charge is 0.573 e. The third-order valence-corrected chi connectivity index (χ3v) is 6.22. The maximum atomic E-state index is 13.7. The maximum Gasteiger partial charge on any atom is 0.573 e. The fourth-order valence-corrected chi connectivity index (χ4v) is 4.78. The van der Waals surface area contributed by atoms with Crippen LogP contribution in [0.15, 0.2) is 72.8 Å². The Morgan fingerprint density at radius 2 is 1.88 bits per heavy atom. The molecule has 2 aliphatic rings. The number of phenolic OH excluding ortho intramolecular Hbond substituents is 1. The van der Waals surface area contributed by atoms with E-state index in [0.29, 0.717) is 11.3 Å². The third kappa shape index (κ3) is 3.36. The van der Waals surface area contributed by atoms with Crippen molar-refractivity contribution in [2.45, 2.75) is 25.6 Å². The Balaban J connectivity index is 1.86. The number of benzene rings is 2. The van der Waals surface area contributed by atoms with Gasteiger partial charge in [-0.3, -0.25) is 9.59 Å². The van der Waals surface area contributed by atoms with Gasteiger partial charge in [0.05, 0.1) is 17.0 Å². The van der Waals surface area contributed by atoms with Gasteiger partial charge in [-0.2, -0.15) is 0 Å². The van der Waals surface area contributed by atoms with Crippen molar-refractivity contribution in [1.29, 1.82) is 0 Å². The Labute approximate surface area is 182 Å². The van der Waals surface area contributed by atoms with Gasteiger partial charge >= 0.3 is 6.36 Å². The van der Waals surface area contributed by atoms with Crippen molar-refractivity contribution in [2.24, 2.45) is 11.3 Å². The molecule has 0 bridgehead atoms. The number of hydrogen-bond acceptors (Lipinski definition) is 4. The number of phenols is 1. The summed E-state index contributed by atoms with van der Waals surface area (Å²) in [6.07, 6.45) is -1.43. The average Bonchev–Trinajstić information content (AvgIpc) is 2.94. The zero-order valence-electron chi connectivity index (χ0n) is 17.1. The molecule has 5 nitrogen and oxygen atoms in total. The molecule has 8 heteroatoms. The lowest BCUT2D eigenvalue weighted by Gasteiger charge is -2.40. The minimum Gasteiger partial charge on any atom is -0.508 e. The highest BCUT2D eigenvalue weighted by molar-refractivity contribution is 6.24. The van der Waals surface area contributed by atoms with Crippen LogP contribution in [-0.4, -0.2) is 23.3 Å². The summed E-state index contributed by atoms with van der Waals surface area (Å²) in [4.78, 5) is 28.1. The van der Waals surface area contributed by atoms with Crippen molar-refractivity contribution in [3.63, 3.8) is 0 Å². The van der Waals surface area contributed by atoms with E-state index in [4.69, 9.17) is 0 Å². The van der Waals surface area contributed by atoms with Crippen LogP contribution in [0.25, 0.3) is 0 Å². The lowest BCUT2D eigenvalue weighted by atomic mass is 9.60. The van der Waals surface area contributed by atoms with Gasteiger partial charge in [-0.05, 0) is 49.2 Å². The monoisotopic (exact) mass is 443 g/mol. The molecule has 1 N–H and O–H groups in total. The van der Waals surface area contributed by atoms with Crippen LogP contribution in [0.4, 0.5) is 18.9 Å². The zero-order valence-corrected chi connectivity index (χ0v) is 17.1. The first-order valence-corrected chi connectivity index (χ1v) is 9.92. The number of imide groups is 1. The van der Waals surface area contributed by atoms with Gasteiger partial charge in [0.2, 0.25) is 11.8 Å². The van der Waals surface area contributed by atoms with E-state index in [0.717, 1.165) is 23.1 Å². The van der Waals surface area contributed by atoms with Crippen LogP contribution >= 0.6 is 0 Å². The van der Waals surface area contributed by atoms with Crippen LogP contribution in [0.3, 0.4) is 0 Å². The number of ether oxygens (including phenoxy) is 1. The molecule has 1 aliphatic carbocycles. The lowest BCUT2D eigenvalue weighted by Crippen LogP contribution is -2.41. The van der Waals surface area contributed by atoms with E-state index in [1.165, 1.54) is 6.08 Å². The Kier molecular flexibility index (Phi) is 5.11. The summed E-state index contributed by atoms with van der Waals surface area (Å²) in [5.74, 6) is -3.38. The van der Waals surface area contributed by atoms with E-state index in [-0.39, 0.29) is 17.7 Å². The molecule has 2 aromatic rings. The van der Waals surface area contributed by atoms with Gasteiger partial charge in [-0.15, -0.1) is 13.2 Å². The standard InChI is InChI=1S/C24H20F3NO4/c1-3-14-9-11-18-21(30)28(15-7-5-4-6-8-15)22(31)23(18,2)20(14)17-13-16(10-12-19(17)29)32-24(25,26)27/h3-10,12-13,18,20,29H,1,11H2,2H3/t18-,20+,23+/m0/s1. The molecule has 0 unspecified atom stereocenters. The minimum absolute atomic E-state index is 0.0566. The number of para-hydroxylation sites is 1. The van der Waals surface area contributed by atoms with Gasteiger partial charge in [0.1, 0.15) is 11.5 Å². The number of carbonyl (C=O) groups is 2. The lowest BCUT2D eigenvalue weighted by molar-refractivity contribution is -0.274. The molecule has 4 rings (SSSR count). The number of hydrogen-bond donors (Lipinski definition) is 1. The van der Waals surface area contributed by atoms with Crippen LogP contribution < -0.4 is 9.64 Å². The summed E-state index contributed by atoms with van der Waals surface area (Å²) in [6, 6.07) is 11.6. The summed E-state index contributed by atoms with van der Waals surface area (Å²) in [5, 5.41) is 10.6. The first-order valence-electron chi connectivity index (χ1n) is 9.92. The molecule has 1 fully saturated rings. The molecule has 3 atom stereocenters. The number of alkyl halides is 3. The van der Waals surface area contributed by atoms with Crippen molar-refractivity contribution < 1.29 is 32.6 Å². The number of nitrogens with zero attached hydrogens (tertiary/aromatic N) is 1. The number of halogens is 3. The number of amides is 2. The normalized spacial score (nSPS) is 25.4. The summed E-state index contributed by atoms with van der Waals surface area (Å²) >= 11 is 0. The van der Waals surface area contributed by atoms with Crippen molar-refractivity contribution in [1.82, 2.24) is 0 Å². The van der Waals surface area contributed by atoms with Crippen LogP contribution in [0.1, 0.15) is 24.8 Å². The molecule has 1 heterocycles. The van der Waals surface area contributed by atoms with Crippen LogP contribution in [0.5, 0.6) is 11.5 Å². The summed E-state index contributed by atoms with van der Waals surface area (Å²) in [7, 11) is 0. The second-order valence-corrected chi connectivity index (χ2v) is 8.00. The van der Waals surface area contributed by atoms with Crippen LogP contribution in [0, 0.1) is 11.3 Å². The number of rotatable bonds is 4. The van der Waals surface area contributed by atoms with E-state index in [9.17, 15) is 27.9 Å². The van der Waals surface area contributed by atoms with Crippen molar-refractivity contribution in [3.05, 3.63) is 78.4 Å². The molecule has 1 saturated heterocycles. The number of anilines is 1. The predicted octanol–water partition coefficient (Wildman–Crippen LogP) is 5.09. The smallest absolute Gasteiger partial charge is 0.508 e. The number of carbonyl (C=O) groups excluding carboxylic acids is 2. The van der Waals surface area contributed by atoms with E-state index in [1.54, 1.807) is 43.3 Å². The number of aromatic hydroxyl groups is 1. The zero-order chi connectivity index (χ0) is 23.3. The Morgan fingerprint density at radius 3 is 2.50 bits per heavy atom. The number of allylic oxidation sites excluding steroid dienone is 3. The van der Waals surface area contributed by atoms with E-state index >= 15 is 0 Å². The second kappa shape index (κ2) is 7.55. The van der Waals surface area contributed by atoms with Gasteiger partial charge in [0.25, 0.3) is 0 Å². The Bertz CT molecular complexity index is 1130. The molecule has 2 aromatic carbocycles. The predicted molar refractivity (Wildman–Crippen MR) is 111 cm³/mol. The van der Waals surface area contributed by atoms with Crippen LogP contribution in [0.2, 0.25) is 0 Å². The molecule has 32 heavy (non-hydrogen) atoms. The highest BCUT2D eigenvalue weighted by Crippen LogP contribution is 2.58. The quantitative estimate of drug-likeness (QED) is 0.669. The molecule has 0 radical (unpaired) electrons. The van der Waals surface area contributed by atoms with Gasteiger partial charge in [-0.1, -0.05) is 36.9 Å². The van der Waals surface area contributed by atoms with Crippen LogP contribution in [-0.2, 0) is 9.59 Å². The summed E-state index contributed by atoms with van der Waals surface area (Å²) < 4.78 is 42.4. The molecule has 1 aliphatic heterocycles. The fraction of sp³-hybridized carbons (Fsp3) is 0.250. The molecule has 166 valence electrons. The van der Waals surface area contributed by atoms with Gasteiger partial charge < -0.3 is 9.84 Å². The SMILES string of the molecule is C=CC1=CC[C@H]2C(=O)N(c3ccccc3)C(=O)[C@@]2(C)[C@H]1c1cc(OC(F)(F)F)ccc1O. The van der Waals surface area contributed by atoms with Crippen molar-refractivity contribution in [3.8, 4) is 11.5 Å². The summed E-state index contributed by atoms with van der Waals surface area (Å²) in [5.41, 5.74) is -0.338. The molecular weight excluding hydrogens is 423 g/mol. The minimum atomic E-state index is -4.92. The average molecular weight is 443 g/mol. The van der Waals surface area contributed by atoms with Gasteiger partial charge in [0, 0.05) is 11.5 Å². The highest BCUT2D eigenvalue weighted by Gasteiger charge is 2.62. The van der Waals surface area contributed by atoms with Crippen molar-refractivity contribution in [2.75, 3.05) is 4.90 Å². The van der Waals surface area contributed by atoms with E-state index in [2.05, 4.69) is 11.3 Å². The Hall–Kier alpha value is -3.55. The van der Waals surface area contributed by atoms with Gasteiger partial charge in [-0.25, -0.2) is 4.90 Å². The third-order valence-electron chi connectivity index (χ3n) is 6.22. The molecule has 0 saturated carbocycles. The first-order chi connectivity index (χ1) is 15.1. The summed E-state index contributed by atoms with van der Waals surface area (Å²) in [6.45, 7) is 5.38. The van der Waals surface area contributed by atoms with E-state index < -0.39 is 41.2 Å². The molecule has 0 spiro atoms. The molecule has 0 aromatic heterocycles. The second-order valence-electron chi connectivity index (χ2n) is 8.00. The van der Waals surface area contributed by atoms with Crippen molar-refractivity contribution >= 4 is 17.5 Å². The van der Waals surface area contributed by atoms with E-state index in [1.807, 2.05) is 0 Å². The fourth-order valence-electron chi connectivity index (χ4n) is 4.78. The first kappa shape index (κ1) is 21.7. The highest BCUT2D eigenvalue weighted by atomic mass is 19.4. The van der Waals surface area contributed by atoms with Gasteiger partial charge in [0.15, 0.2) is 0 Å². The number of fused-ring (bicyclic) bond motifs is 1. The topological polar surface area (TPSA) is 66.8 Å². The Morgan fingerprint density at radius 1 is 1.19 bits per heavy atom. The molecular formula is C24H20F3NO4. The maximum absolute atomic E-state index is 13.7.